The van der Waals surface area contributed by atoms with Crippen LogP contribution in [0.4, 0.5) is 0 Å². The van der Waals surface area contributed by atoms with Crippen LogP contribution in [0.1, 0.15) is 65.7 Å². The number of hydrogen-bond acceptors (Lipinski definition) is 2. The van der Waals surface area contributed by atoms with Crippen molar-refractivity contribution in [3.05, 3.63) is 23.8 Å². The largest absolute Gasteiger partial charge is 0.352 e. The molecule has 0 aromatic rings. The van der Waals surface area contributed by atoms with Gasteiger partial charge in [-0.05, 0) is 66.8 Å². The Morgan fingerprint density at radius 2 is 2.04 bits per heavy atom. The molecular formula is C21H34O2. The summed E-state index contributed by atoms with van der Waals surface area (Å²) in [4.78, 5) is 0. The van der Waals surface area contributed by atoms with Crippen LogP contribution in [-0.2, 0) is 9.47 Å². The number of methoxy groups -OCH3 is 1. The monoisotopic (exact) mass is 318 g/mol. The van der Waals surface area contributed by atoms with Gasteiger partial charge in [-0.2, -0.15) is 0 Å². The minimum absolute atomic E-state index is 0.113. The fraction of sp³-hybridized carbons (Fsp3) is 0.810. The molecule has 0 spiro atoms. The zero-order valence-electron chi connectivity index (χ0n) is 15.5. The highest BCUT2D eigenvalue weighted by Crippen LogP contribution is 2.61. The molecule has 3 fully saturated rings. The summed E-state index contributed by atoms with van der Waals surface area (Å²) in [7, 11) is 1.74. The Bertz CT molecular complexity index is 490. The van der Waals surface area contributed by atoms with Crippen molar-refractivity contribution < 1.29 is 9.47 Å². The van der Waals surface area contributed by atoms with Gasteiger partial charge in [0.05, 0.1) is 6.61 Å². The maximum Gasteiger partial charge on any atom is 0.179 e. The van der Waals surface area contributed by atoms with E-state index in [0.717, 1.165) is 25.4 Å². The predicted octanol–water partition coefficient (Wildman–Crippen LogP) is 5.49. The second kappa shape index (κ2) is 6.37. The third-order valence-electron chi connectivity index (χ3n) is 7.11. The number of rotatable bonds is 3. The zero-order chi connectivity index (χ0) is 16.7. The number of hydrogen-bond donors (Lipinski definition) is 0. The average molecular weight is 319 g/mol. The smallest absolute Gasteiger partial charge is 0.179 e. The van der Waals surface area contributed by atoms with Crippen molar-refractivity contribution in [1.82, 2.24) is 0 Å². The Labute approximate surface area is 142 Å². The van der Waals surface area contributed by atoms with Crippen LogP contribution in [0.15, 0.2) is 23.8 Å². The van der Waals surface area contributed by atoms with E-state index >= 15 is 0 Å². The second-order valence-electron chi connectivity index (χ2n) is 8.85. The van der Waals surface area contributed by atoms with Crippen LogP contribution in [0.2, 0.25) is 0 Å². The molecule has 0 radical (unpaired) electrons. The van der Waals surface area contributed by atoms with Gasteiger partial charge in [-0.15, -0.1) is 0 Å². The molecule has 2 saturated carbocycles. The molecule has 0 amide bonds. The number of allylic oxidation sites excluding steroid dienone is 2. The van der Waals surface area contributed by atoms with Gasteiger partial charge in [-0.25, -0.2) is 0 Å². The summed E-state index contributed by atoms with van der Waals surface area (Å²) >= 11 is 0. The van der Waals surface area contributed by atoms with Crippen LogP contribution in [-0.4, -0.2) is 20.0 Å². The summed E-state index contributed by atoms with van der Waals surface area (Å²) in [5.74, 6) is 1.45. The molecule has 0 aromatic carbocycles. The van der Waals surface area contributed by atoms with E-state index in [2.05, 4.69) is 33.4 Å². The Morgan fingerprint density at radius 1 is 1.26 bits per heavy atom. The van der Waals surface area contributed by atoms with Gasteiger partial charge in [0.1, 0.15) is 0 Å². The van der Waals surface area contributed by atoms with Crippen LogP contribution >= 0.6 is 0 Å². The van der Waals surface area contributed by atoms with Gasteiger partial charge in [0, 0.05) is 7.11 Å². The van der Waals surface area contributed by atoms with E-state index < -0.39 is 0 Å². The first-order valence-electron chi connectivity index (χ1n) is 9.39. The van der Waals surface area contributed by atoms with Gasteiger partial charge in [-0.3, -0.25) is 0 Å². The minimum Gasteiger partial charge on any atom is -0.352 e. The van der Waals surface area contributed by atoms with Gasteiger partial charge in [0.25, 0.3) is 0 Å². The highest BCUT2D eigenvalue weighted by atomic mass is 16.7. The molecule has 3 rings (SSSR count). The van der Waals surface area contributed by atoms with Crippen molar-refractivity contribution in [3.8, 4) is 0 Å². The van der Waals surface area contributed by atoms with Gasteiger partial charge in [-0.1, -0.05) is 45.4 Å². The molecule has 0 bridgehead atoms. The van der Waals surface area contributed by atoms with Crippen LogP contribution in [0, 0.1) is 22.7 Å². The maximum absolute atomic E-state index is 5.63. The van der Waals surface area contributed by atoms with Crippen molar-refractivity contribution in [2.45, 2.75) is 72.0 Å². The first-order chi connectivity index (χ1) is 10.9. The van der Waals surface area contributed by atoms with Gasteiger partial charge < -0.3 is 9.47 Å². The lowest BCUT2D eigenvalue weighted by Gasteiger charge is -2.58. The molecule has 1 aliphatic heterocycles. The summed E-state index contributed by atoms with van der Waals surface area (Å²) < 4.78 is 11.1. The molecule has 2 aliphatic carbocycles. The van der Waals surface area contributed by atoms with Crippen LogP contribution in [0.5, 0.6) is 0 Å². The molecule has 0 N–H and O–H groups in total. The van der Waals surface area contributed by atoms with Crippen molar-refractivity contribution >= 4 is 0 Å². The molecule has 2 nitrogen and oxygen atoms in total. The Balaban J connectivity index is 1.82. The number of ether oxygens (including phenoxy) is 2. The lowest BCUT2D eigenvalue weighted by molar-refractivity contribution is -0.0700. The molecule has 4 atom stereocenters. The second-order valence-corrected chi connectivity index (χ2v) is 8.85. The van der Waals surface area contributed by atoms with Crippen LogP contribution in [0.25, 0.3) is 0 Å². The van der Waals surface area contributed by atoms with E-state index in [1.54, 1.807) is 7.11 Å². The molecule has 3 aliphatic rings. The quantitative estimate of drug-likeness (QED) is 0.640. The van der Waals surface area contributed by atoms with Crippen molar-refractivity contribution in [2.24, 2.45) is 22.7 Å². The maximum atomic E-state index is 5.63. The standard InChI is InChI=1S/C21H34O2/c1-15-7-10-18-20(2,3)12-6-13-21(18,4)17(15)9-8-16-11-14-23-19(16)22-5/h8,17-19H,1,6-7,9-14H2,2-5H3/b16-8+/t17-,18-,19+,21+/m1/s1. The van der Waals surface area contributed by atoms with E-state index in [1.165, 1.54) is 43.3 Å². The first-order valence-corrected chi connectivity index (χ1v) is 9.39. The molecule has 1 saturated heterocycles. The first kappa shape index (κ1) is 17.2. The van der Waals surface area contributed by atoms with Gasteiger partial charge in [0.2, 0.25) is 0 Å². The van der Waals surface area contributed by atoms with Gasteiger partial charge >= 0.3 is 0 Å². The Kier molecular flexibility index (Phi) is 4.77. The molecule has 1 heterocycles. The fourth-order valence-electron chi connectivity index (χ4n) is 5.91. The molecule has 23 heavy (non-hydrogen) atoms. The topological polar surface area (TPSA) is 18.5 Å². The molecule has 130 valence electrons. The molecular weight excluding hydrogens is 284 g/mol. The summed E-state index contributed by atoms with van der Waals surface area (Å²) in [6.07, 6.45) is 11.1. The van der Waals surface area contributed by atoms with Crippen molar-refractivity contribution in [3.63, 3.8) is 0 Å². The van der Waals surface area contributed by atoms with E-state index in [9.17, 15) is 0 Å². The van der Waals surface area contributed by atoms with Crippen LogP contribution in [0.3, 0.4) is 0 Å². The Hall–Kier alpha value is -0.600. The fourth-order valence-corrected chi connectivity index (χ4v) is 5.91. The molecule has 2 heteroatoms. The lowest BCUT2D eigenvalue weighted by atomic mass is 9.47. The summed E-state index contributed by atoms with van der Waals surface area (Å²) in [6.45, 7) is 12.8. The SMILES string of the molecule is C=C1CC[C@@H]2C(C)(C)CCC[C@@]2(C)[C@@H]1C/C=C1\CCO[C@@H]1OC. The van der Waals surface area contributed by atoms with E-state index in [-0.39, 0.29) is 6.29 Å². The molecule has 0 aromatic heterocycles. The van der Waals surface area contributed by atoms with E-state index in [0.29, 0.717) is 16.7 Å². The minimum atomic E-state index is -0.113. The average Bonchev–Trinajstić information content (AvgIpc) is 2.93. The highest BCUT2D eigenvalue weighted by molar-refractivity contribution is 5.19. The summed E-state index contributed by atoms with van der Waals surface area (Å²) in [6, 6.07) is 0. The Morgan fingerprint density at radius 3 is 2.78 bits per heavy atom. The third kappa shape index (κ3) is 3.05. The predicted molar refractivity (Wildman–Crippen MR) is 95.2 cm³/mol. The van der Waals surface area contributed by atoms with E-state index in [1.807, 2.05) is 0 Å². The van der Waals surface area contributed by atoms with E-state index in [4.69, 9.17) is 9.47 Å². The van der Waals surface area contributed by atoms with Gasteiger partial charge in [0.15, 0.2) is 6.29 Å². The summed E-state index contributed by atoms with van der Waals surface area (Å²) in [5, 5.41) is 0. The lowest BCUT2D eigenvalue weighted by Crippen LogP contribution is -2.49. The molecule has 0 unspecified atom stereocenters. The summed E-state index contributed by atoms with van der Waals surface area (Å²) in [5.41, 5.74) is 3.70. The number of fused-ring (bicyclic) bond motifs is 1. The zero-order valence-corrected chi connectivity index (χ0v) is 15.5. The normalized spacial score (nSPS) is 42.0. The van der Waals surface area contributed by atoms with Crippen LogP contribution < -0.4 is 0 Å². The highest BCUT2D eigenvalue weighted by Gasteiger charge is 2.52. The van der Waals surface area contributed by atoms with Crippen molar-refractivity contribution in [1.29, 1.82) is 0 Å². The third-order valence-corrected chi connectivity index (χ3v) is 7.11. The van der Waals surface area contributed by atoms with Crippen molar-refractivity contribution in [2.75, 3.05) is 13.7 Å².